The molecule has 0 unspecified atom stereocenters. The van der Waals surface area contributed by atoms with Crippen molar-refractivity contribution in [2.24, 2.45) is 0 Å². The van der Waals surface area contributed by atoms with Gasteiger partial charge in [0.15, 0.2) is 0 Å². The van der Waals surface area contributed by atoms with E-state index in [2.05, 4.69) is 5.32 Å². The quantitative estimate of drug-likeness (QED) is 0.643. The van der Waals surface area contributed by atoms with Crippen LogP contribution >= 0.6 is 11.6 Å². The Kier molecular flexibility index (Phi) is 7.89. The van der Waals surface area contributed by atoms with Crippen LogP contribution in [0.3, 0.4) is 0 Å². The molecule has 0 radical (unpaired) electrons. The molecular weight excluding hydrogens is 366 g/mol. The Labute approximate surface area is 163 Å². The van der Waals surface area contributed by atoms with Gasteiger partial charge in [0.25, 0.3) is 0 Å². The SMILES string of the molecule is COc1ccc(Cl)cc1C=CC(=O)NCCc1ccc(CCC(=O)O)cc1. The summed E-state index contributed by atoms with van der Waals surface area (Å²) in [5.41, 5.74) is 2.80. The fraction of sp³-hybridized carbons (Fsp3) is 0.238. The van der Waals surface area contributed by atoms with Crippen LogP contribution in [0.4, 0.5) is 0 Å². The summed E-state index contributed by atoms with van der Waals surface area (Å²) in [6.07, 6.45) is 4.45. The minimum Gasteiger partial charge on any atom is -0.496 e. The molecule has 0 aliphatic heterocycles. The predicted molar refractivity (Wildman–Crippen MR) is 106 cm³/mol. The Morgan fingerprint density at radius 2 is 1.78 bits per heavy atom. The second-order valence-electron chi connectivity index (χ2n) is 5.97. The van der Waals surface area contributed by atoms with E-state index >= 15 is 0 Å². The fourth-order valence-corrected chi connectivity index (χ4v) is 2.69. The van der Waals surface area contributed by atoms with Crippen molar-refractivity contribution in [3.05, 3.63) is 70.3 Å². The molecule has 0 fully saturated rings. The summed E-state index contributed by atoms with van der Waals surface area (Å²) in [7, 11) is 1.56. The third-order valence-electron chi connectivity index (χ3n) is 3.97. The van der Waals surface area contributed by atoms with Gasteiger partial charge in [-0.1, -0.05) is 35.9 Å². The van der Waals surface area contributed by atoms with Crippen LogP contribution < -0.4 is 10.1 Å². The lowest BCUT2D eigenvalue weighted by Crippen LogP contribution is -2.23. The van der Waals surface area contributed by atoms with Gasteiger partial charge in [0, 0.05) is 29.6 Å². The molecule has 27 heavy (non-hydrogen) atoms. The number of carbonyl (C=O) groups excluding carboxylic acids is 1. The van der Waals surface area contributed by atoms with E-state index in [0.717, 1.165) is 16.7 Å². The molecule has 2 N–H and O–H groups in total. The van der Waals surface area contributed by atoms with Gasteiger partial charge in [0.1, 0.15) is 5.75 Å². The van der Waals surface area contributed by atoms with Crippen molar-refractivity contribution in [2.75, 3.05) is 13.7 Å². The smallest absolute Gasteiger partial charge is 0.303 e. The number of aliphatic carboxylic acids is 1. The molecular formula is C21H22ClNO4. The first-order chi connectivity index (χ1) is 13.0. The fourth-order valence-electron chi connectivity index (χ4n) is 2.51. The highest BCUT2D eigenvalue weighted by Gasteiger charge is 2.03. The molecule has 0 spiro atoms. The highest BCUT2D eigenvalue weighted by atomic mass is 35.5. The zero-order chi connectivity index (χ0) is 19.6. The molecule has 0 bridgehead atoms. The van der Waals surface area contributed by atoms with E-state index in [1.54, 1.807) is 31.4 Å². The van der Waals surface area contributed by atoms with Crippen LogP contribution in [-0.2, 0) is 22.4 Å². The van der Waals surface area contributed by atoms with Crippen molar-refractivity contribution in [3.63, 3.8) is 0 Å². The number of amides is 1. The number of aryl methyl sites for hydroxylation is 1. The topological polar surface area (TPSA) is 75.6 Å². The molecule has 6 heteroatoms. The second-order valence-corrected chi connectivity index (χ2v) is 6.41. The van der Waals surface area contributed by atoms with Gasteiger partial charge in [-0.2, -0.15) is 0 Å². The minimum absolute atomic E-state index is 0.124. The number of methoxy groups -OCH3 is 1. The number of hydrogen-bond donors (Lipinski definition) is 2. The summed E-state index contributed by atoms with van der Waals surface area (Å²) in [6.45, 7) is 0.504. The molecule has 0 aliphatic carbocycles. The first kappa shape index (κ1) is 20.5. The standard InChI is InChI=1S/C21H22ClNO4/c1-27-19-9-8-18(22)14-17(19)7-10-20(24)23-13-12-16-4-2-15(3-5-16)6-11-21(25)26/h2-5,7-10,14H,6,11-13H2,1H3,(H,23,24)(H,25,26). The molecule has 0 atom stereocenters. The third-order valence-corrected chi connectivity index (χ3v) is 4.20. The molecule has 0 saturated carbocycles. The van der Waals surface area contributed by atoms with Crippen molar-refractivity contribution < 1.29 is 19.4 Å². The van der Waals surface area contributed by atoms with Crippen LogP contribution in [0.5, 0.6) is 5.75 Å². The Bertz CT molecular complexity index is 815. The Morgan fingerprint density at radius 1 is 1.11 bits per heavy atom. The van der Waals surface area contributed by atoms with Gasteiger partial charge >= 0.3 is 5.97 Å². The number of carboxylic acids is 1. The summed E-state index contributed by atoms with van der Waals surface area (Å²) < 4.78 is 5.24. The van der Waals surface area contributed by atoms with Gasteiger partial charge in [0.2, 0.25) is 5.91 Å². The molecule has 1 amide bonds. The van der Waals surface area contributed by atoms with Gasteiger partial charge in [-0.25, -0.2) is 0 Å². The number of rotatable bonds is 9. The van der Waals surface area contributed by atoms with Crippen molar-refractivity contribution in [1.29, 1.82) is 0 Å². The lowest BCUT2D eigenvalue weighted by molar-refractivity contribution is -0.137. The minimum atomic E-state index is -0.801. The van der Waals surface area contributed by atoms with Crippen molar-refractivity contribution in [2.45, 2.75) is 19.3 Å². The van der Waals surface area contributed by atoms with Gasteiger partial charge in [-0.05, 0) is 48.2 Å². The zero-order valence-electron chi connectivity index (χ0n) is 15.1. The lowest BCUT2D eigenvalue weighted by atomic mass is 10.1. The number of carbonyl (C=O) groups is 2. The van der Waals surface area contributed by atoms with E-state index in [1.165, 1.54) is 6.08 Å². The summed E-state index contributed by atoms with van der Waals surface area (Å²) in [5, 5.41) is 12.1. The van der Waals surface area contributed by atoms with Gasteiger partial charge in [-0.15, -0.1) is 0 Å². The highest BCUT2D eigenvalue weighted by molar-refractivity contribution is 6.30. The van der Waals surface area contributed by atoms with Crippen LogP contribution in [0.15, 0.2) is 48.5 Å². The van der Waals surface area contributed by atoms with E-state index in [9.17, 15) is 9.59 Å². The number of hydrogen-bond acceptors (Lipinski definition) is 3. The van der Waals surface area contributed by atoms with Crippen molar-refractivity contribution in [1.82, 2.24) is 5.32 Å². The molecule has 5 nitrogen and oxygen atoms in total. The molecule has 0 aromatic heterocycles. The van der Waals surface area contributed by atoms with Crippen LogP contribution in [0, 0.1) is 0 Å². The second kappa shape index (κ2) is 10.4. The molecule has 0 heterocycles. The number of nitrogens with one attached hydrogen (secondary N) is 1. The Morgan fingerprint density at radius 3 is 2.41 bits per heavy atom. The normalized spacial score (nSPS) is 10.7. The third kappa shape index (κ3) is 7.15. The van der Waals surface area contributed by atoms with Gasteiger partial charge in [0.05, 0.1) is 7.11 Å². The van der Waals surface area contributed by atoms with Crippen LogP contribution in [0.1, 0.15) is 23.1 Å². The average Bonchev–Trinajstić information content (AvgIpc) is 2.66. The first-order valence-electron chi connectivity index (χ1n) is 8.57. The van der Waals surface area contributed by atoms with E-state index in [4.69, 9.17) is 21.4 Å². The first-order valence-corrected chi connectivity index (χ1v) is 8.95. The monoisotopic (exact) mass is 387 g/mol. The Balaban J connectivity index is 1.80. The molecule has 0 aliphatic rings. The molecule has 142 valence electrons. The van der Waals surface area contributed by atoms with Crippen LogP contribution in [-0.4, -0.2) is 30.6 Å². The zero-order valence-corrected chi connectivity index (χ0v) is 15.8. The number of ether oxygens (including phenoxy) is 1. The van der Waals surface area contributed by atoms with Crippen LogP contribution in [0.25, 0.3) is 6.08 Å². The maximum absolute atomic E-state index is 12.0. The summed E-state index contributed by atoms with van der Waals surface area (Å²) >= 11 is 5.97. The molecule has 0 saturated heterocycles. The summed E-state index contributed by atoms with van der Waals surface area (Å²) in [5.74, 6) is -0.355. The summed E-state index contributed by atoms with van der Waals surface area (Å²) in [4.78, 5) is 22.5. The maximum atomic E-state index is 12.0. The maximum Gasteiger partial charge on any atom is 0.303 e. The van der Waals surface area contributed by atoms with E-state index in [1.807, 2.05) is 24.3 Å². The van der Waals surface area contributed by atoms with E-state index in [-0.39, 0.29) is 12.3 Å². The average molecular weight is 388 g/mol. The number of halogens is 1. The van der Waals surface area contributed by atoms with Crippen molar-refractivity contribution >= 4 is 29.6 Å². The molecule has 2 aromatic carbocycles. The highest BCUT2D eigenvalue weighted by Crippen LogP contribution is 2.23. The Hall–Kier alpha value is -2.79. The van der Waals surface area contributed by atoms with Gasteiger partial charge in [-0.3, -0.25) is 9.59 Å². The van der Waals surface area contributed by atoms with Gasteiger partial charge < -0.3 is 15.2 Å². The van der Waals surface area contributed by atoms with Crippen molar-refractivity contribution in [3.8, 4) is 5.75 Å². The predicted octanol–water partition coefficient (Wildman–Crippen LogP) is 3.74. The van der Waals surface area contributed by atoms with E-state index < -0.39 is 5.97 Å². The largest absolute Gasteiger partial charge is 0.496 e. The number of carboxylic acid groups (broad SMARTS) is 1. The molecule has 2 rings (SSSR count). The number of benzene rings is 2. The van der Waals surface area contributed by atoms with Crippen LogP contribution in [0.2, 0.25) is 5.02 Å². The lowest BCUT2D eigenvalue weighted by Gasteiger charge is -2.06. The summed E-state index contributed by atoms with van der Waals surface area (Å²) in [6, 6.07) is 13.0. The van der Waals surface area contributed by atoms with E-state index in [0.29, 0.717) is 30.2 Å². The molecule has 2 aromatic rings.